The molecule has 1 unspecified atom stereocenters. The van der Waals surface area contributed by atoms with Gasteiger partial charge in [0.25, 0.3) is 0 Å². The van der Waals surface area contributed by atoms with E-state index < -0.39 is 0 Å². The highest BCUT2D eigenvalue weighted by molar-refractivity contribution is 4.72. The molecule has 0 bridgehead atoms. The van der Waals surface area contributed by atoms with Crippen molar-refractivity contribution in [2.75, 3.05) is 13.7 Å². The van der Waals surface area contributed by atoms with E-state index in [1.807, 2.05) is 13.1 Å². The van der Waals surface area contributed by atoms with Gasteiger partial charge >= 0.3 is 0 Å². The molecule has 0 aliphatic carbocycles. The van der Waals surface area contributed by atoms with E-state index in [9.17, 15) is 0 Å². The monoisotopic (exact) mass is 171 g/mol. The lowest BCUT2D eigenvalue weighted by Gasteiger charge is -2.17. The summed E-state index contributed by atoms with van der Waals surface area (Å²) in [6.45, 7) is 8.60. The van der Waals surface area contributed by atoms with Gasteiger partial charge in [0.2, 0.25) is 0 Å². The molecule has 2 nitrogen and oxygen atoms in total. The number of allylic oxidation sites excluding steroid dienone is 1. The molecule has 1 N–H and O–H groups in total. The largest absolute Gasteiger partial charge is 0.377 e. The zero-order chi connectivity index (χ0) is 9.40. The van der Waals surface area contributed by atoms with E-state index in [0.29, 0.717) is 12.1 Å². The minimum Gasteiger partial charge on any atom is -0.377 e. The fourth-order valence-corrected chi connectivity index (χ4v) is 0.939. The van der Waals surface area contributed by atoms with Crippen molar-refractivity contribution in [2.45, 2.75) is 38.8 Å². The molecule has 0 aromatic rings. The predicted octanol–water partition coefficient (Wildman–Crippen LogP) is 1.97. The van der Waals surface area contributed by atoms with Crippen molar-refractivity contribution in [1.82, 2.24) is 5.32 Å². The second-order valence-electron chi connectivity index (χ2n) is 3.23. The molecule has 0 aromatic carbocycles. The Morgan fingerprint density at radius 3 is 2.58 bits per heavy atom. The third-order valence-electron chi connectivity index (χ3n) is 1.76. The van der Waals surface area contributed by atoms with E-state index in [4.69, 9.17) is 4.74 Å². The lowest BCUT2D eigenvalue weighted by atomic mass is 10.2. The maximum Gasteiger partial charge on any atom is 0.0623 e. The van der Waals surface area contributed by atoms with E-state index in [1.165, 1.54) is 0 Å². The van der Waals surface area contributed by atoms with Gasteiger partial charge in [-0.3, -0.25) is 0 Å². The zero-order valence-electron chi connectivity index (χ0n) is 8.47. The molecular formula is C10H21NO. The summed E-state index contributed by atoms with van der Waals surface area (Å²) < 4.78 is 5.50. The van der Waals surface area contributed by atoms with Crippen LogP contribution in [0.4, 0.5) is 0 Å². The summed E-state index contributed by atoms with van der Waals surface area (Å²) in [6.07, 6.45) is 4.42. The Morgan fingerprint density at radius 2 is 2.17 bits per heavy atom. The Hall–Kier alpha value is -0.340. The van der Waals surface area contributed by atoms with Crippen molar-refractivity contribution in [1.29, 1.82) is 0 Å². The van der Waals surface area contributed by atoms with Crippen LogP contribution < -0.4 is 5.32 Å². The van der Waals surface area contributed by atoms with Gasteiger partial charge in [-0.05, 0) is 33.7 Å². The van der Waals surface area contributed by atoms with Gasteiger partial charge < -0.3 is 10.1 Å². The maximum atomic E-state index is 5.50. The van der Waals surface area contributed by atoms with Crippen LogP contribution in [0.25, 0.3) is 0 Å². The minimum absolute atomic E-state index is 0.324. The fraction of sp³-hybridized carbons (Fsp3) is 0.800. The number of ether oxygens (including phenoxy) is 1. The molecular weight excluding hydrogens is 150 g/mol. The third kappa shape index (κ3) is 6.38. The predicted molar refractivity (Wildman–Crippen MR) is 53.4 cm³/mol. The lowest BCUT2D eigenvalue weighted by molar-refractivity contribution is 0.0613. The highest BCUT2D eigenvalue weighted by Crippen LogP contribution is 1.99. The van der Waals surface area contributed by atoms with E-state index in [1.54, 1.807) is 0 Å². The fourth-order valence-electron chi connectivity index (χ4n) is 0.939. The van der Waals surface area contributed by atoms with Crippen molar-refractivity contribution in [3.05, 3.63) is 12.7 Å². The Bertz CT molecular complexity index is 112. The van der Waals surface area contributed by atoms with Crippen LogP contribution in [0.15, 0.2) is 12.7 Å². The first-order valence-electron chi connectivity index (χ1n) is 4.60. The average molecular weight is 171 g/mol. The Balaban J connectivity index is 3.45. The maximum absolute atomic E-state index is 5.50. The standard InChI is InChI=1S/C10H21NO/c1-5-6-7-10(11-4)8-12-9(2)3/h5,9-11H,1,6-8H2,2-4H3. The molecule has 0 aromatic heterocycles. The molecule has 12 heavy (non-hydrogen) atoms. The van der Waals surface area contributed by atoms with Crippen molar-refractivity contribution in [2.24, 2.45) is 0 Å². The molecule has 0 heterocycles. The molecule has 72 valence electrons. The number of hydrogen-bond donors (Lipinski definition) is 1. The Labute approximate surface area is 76.0 Å². The van der Waals surface area contributed by atoms with E-state index >= 15 is 0 Å². The summed E-state index contributed by atoms with van der Waals surface area (Å²) >= 11 is 0. The van der Waals surface area contributed by atoms with Crippen LogP contribution in [0.5, 0.6) is 0 Å². The summed E-state index contributed by atoms with van der Waals surface area (Å²) in [7, 11) is 1.97. The summed E-state index contributed by atoms with van der Waals surface area (Å²) in [5.74, 6) is 0. The second kappa shape index (κ2) is 7.32. The molecule has 0 radical (unpaired) electrons. The van der Waals surface area contributed by atoms with Gasteiger partial charge in [-0.1, -0.05) is 6.08 Å². The Morgan fingerprint density at radius 1 is 1.50 bits per heavy atom. The summed E-state index contributed by atoms with van der Waals surface area (Å²) in [5.41, 5.74) is 0. The van der Waals surface area contributed by atoms with E-state index in [2.05, 4.69) is 25.7 Å². The number of likely N-dealkylation sites (N-methyl/N-ethyl adjacent to an activating group) is 1. The number of nitrogens with one attached hydrogen (secondary N) is 1. The number of hydrogen-bond acceptors (Lipinski definition) is 2. The smallest absolute Gasteiger partial charge is 0.0623 e. The lowest BCUT2D eigenvalue weighted by Crippen LogP contribution is -2.31. The van der Waals surface area contributed by atoms with Gasteiger partial charge in [0.1, 0.15) is 0 Å². The molecule has 0 saturated heterocycles. The van der Waals surface area contributed by atoms with Gasteiger partial charge in [0.15, 0.2) is 0 Å². The van der Waals surface area contributed by atoms with Crippen LogP contribution in [0, 0.1) is 0 Å². The van der Waals surface area contributed by atoms with Gasteiger partial charge in [-0.2, -0.15) is 0 Å². The molecule has 0 fully saturated rings. The first-order chi connectivity index (χ1) is 5.70. The molecule has 0 aliphatic rings. The normalized spacial score (nSPS) is 13.3. The van der Waals surface area contributed by atoms with Crippen molar-refractivity contribution < 1.29 is 4.74 Å². The van der Waals surface area contributed by atoms with Crippen LogP contribution in [-0.4, -0.2) is 25.8 Å². The van der Waals surface area contributed by atoms with Crippen molar-refractivity contribution in [3.8, 4) is 0 Å². The van der Waals surface area contributed by atoms with E-state index in [-0.39, 0.29) is 0 Å². The SMILES string of the molecule is C=CCCC(COC(C)C)NC. The van der Waals surface area contributed by atoms with Crippen LogP contribution in [0.1, 0.15) is 26.7 Å². The highest BCUT2D eigenvalue weighted by atomic mass is 16.5. The summed E-state index contributed by atoms with van der Waals surface area (Å²) in [5, 5.41) is 3.22. The van der Waals surface area contributed by atoms with Crippen LogP contribution >= 0.6 is 0 Å². The first-order valence-corrected chi connectivity index (χ1v) is 4.60. The minimum atomic E-state index is 0.324. The molecule has 2 heteroatoms. The van der Waals surface area contributed by atoms with Gasteiger partial charge in [0.05, 0.1) is 12.7 Å². The first kappa shape index (κ1) is 11.7. The third-order valence-corrected chi connectivity index (χ3v) is 1.76. The Kier molecular flexibility index (Phi) is 7.11. The van der Waals surface area contributed by atoms with Crippen molar-refractivity contribution in [3.63, 3.8) is 0 Å². The van der Waals surface area contributed by atoms with E-state index in [0.717, 1.165) is 19.4 Å². The molecule has 0 saturated carbocycles. The second-order valence-corrected chi connectivity index (χ2v) is 3.23. The van der Waals surface area contributed by atoms with Crippen molar-refractivity contribution >= 4 is 0 Å². The average Bonchev–Trinajstić information content (AvgIpc) is 2.05. The molecule has 0 spiro atoms. The highest BCUT2D eigenvalue weighted by Gasteiger charge is 2.05. The van der Waals surface area contributed by atoms with Gasteiger partial charge in [-0.25, -0.2) is 0 Å². The van der Waals surface area contributed by atoms with Gasteiger partial charge in [0, 0.05) is 6.04 Å². The van der Waals surface area contributed by atoms with Crippen LogP contribution in [-0.2, 0) is 4.74 Å². The van der Waals surface area contributed by atoms with Gasteiger partial charge in [-0.15, -0.1) is 6.58 Å². The summed E-state index contributed by atoms with van der Waals surface area (Å²) in [6, 6.07) is 0.463. The topological polar surface area (TPSA) is 21.3 Å². The molecule has 0 amide bonds. The van der Waals surface area contributed by atoms with Crippen LogP contribution in [0.3, 0.4) is 0 Å². The number of rotatable bonds is 7. The summed E-state index contributed by atoms with van der Waals surface area (Å²) in [4.78, 5) is 0. The molecule has 0 aliphatic heterocycles. The molecule has 1 atom stereocenters. The zero-order valence-corrected chi connectivity index (χ0v) is 8.47. The molecule has 0 rings (SSSR count). The van der Waals surface area contributed by atoms with Crippen LogP contribution in [0.2, 0.25) is 0 Å². The quantitative estimate of drug-likeness (QED) is 0.591.